The fraction of sp³-hybridized carbons (Fsp3) is 0.417. The molecule has 19 heavy (non-hydrogen) atoms. The SMILES string of the molecule is CC1CN(C(=O)c2cc(Cl)ncc2Cl)CC1C(=O)O. The van der Waals surface area contributed by atoms with E-state index in [0.717, 1.165) is 0 Å². The number of aliphatic carboxylic acids is 1. The molecule has 1 fully saturated rings. The van der Waals surface area contributed by atoms with Gasteiger partial charge in [0.1, 0.15) is 5.15 Å². The molecule has 2 rings (SSSR count). The maximum atomic E-state index is 12.3. The minimum absolute atomic E-state index is 0.0856. The van der Waals surface area contributed by atoms with Gasteiger partial charge >= 0.3 is 5.97 Å². The van der Waals surface area contributed by atoms with Gasteiger partial charge in [0.2, 0.25) is 0 Å². The molecule has 1 aliphatic heterocycles. The Bertz CT molecular complexity index is 536. The Balaban J connectivity index is 2.22. The monoisotopic (exact) mass is 302 g/mol. The van der Waals surface area contributed by atoms with Gasteiger partial charge in [0.05, 0.1) is 16.5 Å². The first-order valence-corrected chi connectivity index (χ1v) is 6.49. The number of aromatic nitrogens is 1. The summed E-state index contributed by atoms with van der Waals surface area (Å²) in [6.45, 7) is 2.39. The number of amides is 1. The first-order chi connectivity index (χ1) is 8.90. The van der Waals surface area contributed by atoms with Crippen LogP contribution in [0.4, 0.5) is 0 Å². The van der Waals surface area contributed by atoms with E-state index in [9.17, 15) is 9.59 Å². The van der Waals surface area contributed by atoms with Crippen molar-refractivity contribution in [1.82, 2.24) is 9.88 Å². The number of hydrogen-bond acceptors (Lipinski definition) is 3. The van der Waals surface area contributed by atoms with Gasteiger partial charge in [0, 0.05) is 19.3 Å². The summed E-state index contributed by atoms with van der Waals surface area (Å²) in [5, 5.41) is 9.44. The minimum Gasteiger partial charge on any atom is -0.481 e. The highest BCUT2D eigenvalue weighted by atomic mass is 35.5. The van der Waals surface area contributed by atoms with E-state index in [0.29, 0.717) is 6.54 Å². The van der Waals surface area contributed by atoms with E-state index in [1.165, 1.54) is 17.2 Å². The van der Waals surface area contributed by atoms with Crippen LogP contribution < -0.4 is 0 Å². The summed E-state index contributed by atoms with van der Waals surface area (Å²) in [6, 6.07) is 1.39. The van der Waals surface area contributed by atoms with Crippen LogP contribution in [0.3, 0.4) is 0 Å². The van der Waals surface area contributed by atoms with Crippen LogP contribution in [0.1, 0.15) is 17.3 Å². The number of likely N-dealkylation sites (tertiary alicyclic amines) is 1. The van der Waals surface area contributed by atoms with Crippen molar-refractivity contribution in [2.45, 2.75) is 6.92 Å². The van der Waals surface area contributed by atoms with Gasteiger partial charge in [-0.25, -0.2) is 4.98 Å². The molecule has 1 saturated heterocycles. The van der Waals surface area contributed by atoms with Crippen LogP contribution in [0.25, 0.3) is 0 Å². The average molecular weight is 303 g/mol. The van der Waals surface area contributed by atoms with Crippen molar-refractivity contribution in [3.63, 3.8) is 0 Å². The van der Waals surface area contributed by atoms with E-state index in [1.807, 2.05) is 6.92 Å². The second-order valence-electron chi connectivity index (χ2n) is 4.62. The van der Waals surface area contributed by atoms with Crippen molar-refractivity contribution < 1.29 is 14.7 Å². The molecular weight excluding hydrogens is 291 g/mol. The Hall–Kier alpha value is -1.33. The maximum Gasteiger partial charge on any atom is 0.308 e. The lowest BCUT2D eigenvalue weighted by molar-refractivity contribution is -0.142. The summed E-state index contributed by atoms with van der Waals surface area (Å²) < 4.78 is 0. The Morgan fingerprint density at radius 1 is 1.42 bits per heavy atom. The summed E-state index contributed by atoms with van der Waals surface area (Å²) in [6.07, 6.45) is 1.31. The molecule has 7 heteroatoms. The lowest BCUT2D eigenvalue weighted by Gasteiger charge is -2.16. The number of pyridine rings is 1. The predicted octanol–water partition coefficient (Wildman–Crippen LogP) is 2.18. The van der Waals surface area contributed by atoms with Crippen LogP contribution >= 0.6 is 23.2 Å². The van der Waals surface area contributed by atoms with Gasteiger partial charge < -0.3 is 10.0 Å². The first-order valence-electron chi connectivity index (χ1n) is 5.73. The molecule has 2 atom stereocenters. The molecule has 0 aromatic carbocycles. The van der Waals surface area contributed by atoms with Gasteiger partial charge in [-0.1, -0.05) is 30.1 Å². The fourth-order valence-electron chi connectivity index (χ4n) is 2.20. The Morgan fingerprint density at radius 3 is 2.68 bits per heavy atom. The number of carboxylic acid groups (broad SMARTS) is 1. The molecule has 2 unspecified atom stereocenters. The molecule has 5 nitrogen and oxygen atoms in total. The fourth-order valence-corrected chi connectivity index (χ4v) is 2.54. The third-order valence-electron chi connectivity index (χ3n) is 3.27. The Morgan fingerprint density at radius 2 is 2.11 bits per heavy atom. The topological polar surface area (TPSA) is 70.5 Å². The quantitative estimate of drug-likeness (QED) is 0.850. The van der Waals surface area contributed by atoms with E-state index in [-0.39, 0.29) is 34.1 Å². The van der Waals surface area contributed by atoms with Crippen LogP contribution in [-0.2, 0) is 4.79 Å². The number of carbonyl (C=O) groups excluding carboxylic acids is 1. The largest absolute Gasteiger partial charge is 0.481 e. The molecule has 1 aromatic heterocycles. The predicted molar refractivity (Wildman–Crippen MR) is 70.5 cm³/mol. The molecule has 2 heterocycles. The molecule has 0 bridgehead atoms. The van der Waals surface area contributed by atoms with Crippen LogP contribution in [0.2, 0.25) is 10.2 Å². The van der Waals surface area contributed by atoms with Crippen LogP contribution in [0, 0.1) is 11.8 Å². The van der Waals surface area contributed by atoms with E-state index in [2.05, 4.69) is 4.98 Å². The zero-order valence-corrected chi connectivity index (χ0v) is 11.6. The van der Waals surface area contributed by atoms with Crippen molar-refractivity contribution in [1.29, 1.82) is 0 Å². The molecule has 1 N–H and O–H groups in total. The van der Waals surface area contributed by atoms with Crippen molar-refractivity contribution >= 4 is 35.1 Å². The van der Waals surface area contributed by atoms with E-state index in [1.54, 1.807) is 0 Å². The number of carboxylic acids is 1. The van der Waals surface area contributed by atoms with Gasteiger partial charge in [0.25, 0.3) is 5.91 Å². The van der Waals surface area contributed by atoms with Gasteiger partial charge in [-0.05, 0) is 12.0 Å². The van der Waals surface area contributed by atoms with Crippen molar-refractivity contribution in [3.05, 3.63) is 28.0 Å². The van der Waals surface area contributed by atoms with Gasteiger partial charge in [-0.3, -0.25) is 9.59 Å². The second kappa shape index (κ2) is 5.35. The van der Waals surface area contributed by atoms with Crippen molar-refractivity contribution in [2.75, 3.05) is 13.1 Å². The molecule has 1 aromatic rings. The van der Waals surface area contributed by atoms with E-state index < -0.39 is 11.9 Å². The summed E-state index contributed by atoms with van der Waals surface area (Å²) in [7, 11) is 0. The van der Waals surface area contributed by atoms with Crippen LogP contribution in [0.5, 0.6) is 0 Å². The van der Waals surface area contributed by atoms with Crippen LogP contribution in [-0.4, -0.2) is 40.0 Å². The smallest absolute Gasteiger partial charge is 0.308 e. The van der Waals surface area contributed by atoms with E-state index >= 15 is 0 Å². The molecule has 102 valence electrons. The van der Waals surface area contributed by atoms with Crippen molar-refractivity contribution in [3.8, 4) is 0 Å². The summed E-state index contributed by atoms with van der Waals surface area (Å²) >= 11 is 11.7. The van der Waals surface area contributed by atoms with Gasteiger partial charge in [0.15, 0.2) is 0 Å². The zero-order chi connectivity index (χ0) is 14.2. The molecule has 0 aliphatic carbocycles. The standard InChI is InChI=1S/C12H12Cl2N2O3/c1-6-4-16(5-8(6)12(18)19)11(17)7-2-10(14)15-3-9(7)13/h2-3,6,8H,4-5H2,1H3,(H,18,19). The summed E-state index contributed by atoms with van der Waals surface area (Å²) in [5.41, 5.74) is 0.250. The normalized spacial score (nSPS) is 22.6. The van der Waals surface area contributed by atoms with Crippen LogP contribution in [0.15, 0.2) is 12.3 Å². The first kappa shape index (κ1) is 14.1. The number of halogens is 2. The number of rotatable bonds is 2. The lowest BCUT2D eigenvalue weighted by Crippen LogP contribution is -2.30. The molecule has 1 amide bonds. The summed E-state index contributed by atoms with van der Waals surface area (Å²) in [5.74, 6) is -1.83. The molecule has 0 spiro atoms. The lowest BCUT2D eigenvalue weighted by atomic mass is 9.99. The van der Waals surface area contributed by atoms with E-state index in [4.69, 9.17) is 28.3 Å². The highest BCUT2D eigenvalue weighted by Crippen LogP contribution is 2.27. The highest BCUT2D eigenvalue weighted by Gasteiger charge is 2.37. The van der Waals surface area contributed by atoms with Crippen molar-refractivity contribution in [2.24, 2.45) is 11.8 Å². The molecule has 0 saturated carbocycles. The number of hydrogen-bond donors (Lipinski definition) is 1. The Kier molecular flexibility index (Phi) is 3.96. The number of carbonyl (C=O) groups is 2. The Labute approximate surface area is 120 Å². The molecular formula is C12H12Cl2N2O3. The van der Waals surface area contributed by atoms with Gasteiger partial charge in [-0.2, -0.15) is 0 Å². The molecule has 0 radical (unpaired) electrons. The number of nitrogens with zero attached hydrogens (tertiary/aromatic N) is 2. The third kappa shape index (κ3) is 2.82. The second-order valence-corrected chi connectivity index (χ2v) is 5.41. The van der Waals surface area contributed by atoms with Gasteiger partial charge in [-0.15, -0.1) is 0 Å². The zero-order valence-electron chi connectivity index (χ0n) is 10.1. The maximum absolute atomic E-state index is 12.3. The summed E-state index contributed by atoms with van der Waals surface area (Å²) in [4.78, 5) is 28.6. The average Bonchev–Trinajstić information content (AvgIpc) is 2.74. The minimum atomic E-state index is -0.887. The molecule has 1 aliphatic rings. The highest BCUT2D eigenvalue weighted by molar-refractivity contribution is 6.35. The third-order valence-corrected chi connectivity index (χ3v) is 3.78.